The van der Waals surface area contributed by atoms with Crippen molar-refractivity contribution in [3.05, 3.63) is 39.4 Å². The molecule has 0 radical (unpaired) electrons. The third-order valence-corrected chi connectivity index (χ3v) is 3.37. The first-order valence-corrected chi connectivity index (χ1v) is 6.92. The summed E-state index contributed by atoms with van der Waals surface area (Å²) in [5.74, 6) is -0.169. The van der Waals surface area contributed by atoms with Crippen LogP contribution in [0.1, 0.15) is 15.9 Å². The van der Waals surface area contributed by atoms with Crippen LogP contribution in [0.25, 0.3) is 0 Å². The highest BCUT2D eigenvalue weighted by Gasteiger charge is 2.18. The fraction of sp³-hybridized carbons (Fsp3) is 0.462. The smallest absolute Gasteiger partial charge is 0.269 e. The zero-order chi connectivity index (χ0) is 15.3. The van der Waals surface area contributed by atoms with E-state index in [1.165, 1.54) is 18.2 Å². The summed E-state index contributed by atoms with van der Waals surface area (Å²) in [6.07, 6.45) is 0. The van der Waals surface area contributed by atoms with Crippen molar-refractivity contribution in [2.24, 2.45) is 0 Å². The van der Waals surface area contributed by atoms with Crippen molar-refractivity contribution in [3.63, 3.8) is 0 Å². The molecule has 7 heteroatoms. The van der Waals surface area contributed by atoms with Crippen LogP contribution in [0.15, 0.2) is 18.2 Å². The molecule has 1 aromatic carbocycles. The number of nitro benzene ring substituents is 1. The van der Waals surface area contributed by atoms with Gasteiger partial charge in [0, 0.05) is 38.4 Å². The van der Waals surface area contributed by atoms with Crippen molar-refractivity contribution in [2.75, 3.05) is 27.3 Å². The zero-order valence-electron chi connectivity index (χ0n) is 11.6. The average molecular weight is 345 g/mol. The maximum Gasteiger partial charge on any atom is 0.269 e. The maximum atomic E-state index is 12.3. The van der Waals surface area contributed by atoms with Gasteiger partial charge < -0.3 is 9.64 Å². The second kappa shape index (κ2) is 7.35. The minimum absolute atomic E-state index is 0.0144. The van der Waals surface area contributed by atoms with Crippen LogP contribution in [0, 0.1) is 17.0 Å². The van der Waals surface area contributed by atoms with E-state index in [0.717, 1.165) is 0 Å². The van der Waals surface area contributed by atoms with Crippen molar-refractivity contribution < 1.29 is 14.5 Å². The molecular weight excluding hydrogens is 328 g/mol. The molecule has 1 rings (SSSR count). The summed E-state index contributed by atoms with van der Waals surface area (Å²) in [5, 5.41) is 10.7. The third kappa shape index (κ3) is 4.28. The molecule has 0 saturated carbocycles. The van der Waals surface area contributed by atoms with Gasteiger partial charge in [0.1, 0.15) is 0 Å². The normalized spacial score (nSPS) is 12.0. The lowest BCUT2D eigenvalue weighted by Crippen LogP contribution is -2.34. The van der Waals surface area contributed by atoms with Gasteiger partial charge in [-0.2, -0.15) is 0 Å². The lowest BCUT2D eigenvalue weighted by Gasteiger charge is -2.21. The molecule has 20 heavy (non-hydrogen) atoms. The molecule has 0 aliphatic carbocycles. The van der Waals surface area contributed by atoms with E-state index in [1.807, 2.05) is 0 Å². The van der Waals surface area contributed by atoms with E-state index in [9.17, 15) is 14.9 Å². The quantitative estimate of drug-likeness (QED) is 0.451. The van der Waals surface area contributed by atoms with Crippen LogP contribution in [0.2, 0.25) is 0 Å². The van der Waals surface area contributed by atoms with Gasteiger partial charge in [0.2, 0.25) is 0 Å². The van der Waals surface area contributed by atoms with E-state index in [-0.39, 0.29) is 16.4 Å². The second-order valence-corrected chi connectivity index (χ2v) is 5.79. The van der Waals surface area contributed by atoms with Gasteiger partial charge >= 0.3 is 0 Å². The molecule has 0 aliphatic rings. The fourth-order valence-corrected chi connectivity index (χ4v) is 2.52. The molecule has 0 aromatic heterocycles. The Morgan fingerprint density at radius 2 is 2.20 bits per heavy atom. The number of non-ortho nitro benzene ring substituents is 1. The summed E-state index contributed by atoms with van der Waals surface area (Å²) in [7, 11) is 3.28. The number of methoxy groups -OCH3 is 1. The fourth-order valence-electron chi connectivity index (χ4n) is 1.82. The number of alkyl halides is 1. The number of halogens is 1. The predicted octanol–water partition coefficient (Wildman–Crippen LogP) is 2.39. The van der Waals surface area contributed by atoms with Gasteiger partial charge in [-0.3, -0.25) is 14.9 Å². The van der Waals surface area contributed by atoms with Gasteiger partial charge in [-0.1, -0.05) is 15.9 Å². The minimum Gasteiger partial charge on any atom is -0.383 e. The Balaban J connectivity index is 2.84. The molecule has 1 atom stereocenters. The van der Waals surface area contributed by atoms with E-state index in [0.29, 0.717) is 24.3 Å². The van der Waals surface area contributed by atoms with Gasteiger partial charge in [-0.15, -0.1) is 0 Å². The highest BCUT2D eigenvalue weighted by Crippen LogP contribution is 2.18. The van der Waals surface area contributed by atoms with E-state index in [2.05, 4.69) is 15.9 Å². The number of carbonyl (C=O) groups excluding carboxylic acids is 1. The first kappa shape index (κ1) is 16.6. The summed E-state index contributed by atoms with van der Waals surface area (Å²) in [4.78, 5) is 24.1. The van der Waals surface area contributed by atoms with E-state index < -0.39 is 4.92 Å². The van der Waals surface area contributed by atoms with Crippen LogP contribution in [-0.2, 0) is 4.74 Å². The van der Waals surface area contributed by atoms with Gasteiger partial charge in [0.15, 0.2) is 0 Å². The molecule has 0 N–H and O–H groups in total. The topological polar surface area (TPSA) is 72.7 Å². The van der Waals surface area contributed by atoms with E-state index in [1.54, 1.807) is 26.0 Å². The molecule has 1 aromatic rings. The molecule has 0 heterocycles. The van der Waals surface area contributed by atoms with E-state index in [4.69, 9.17) is 4.74 Å². The Kier molecular flexibility index (Phi) is 6.09. The summed E-state index contributed by atoms with van der Waals surface area (Å²) in [6, 6.07) is 4.24. The molecule has 110 valence electrons. The molecule has 1 amide bonds. The van der Waals surface area contributed by atoms with Crippen LogP contribution in [0.4, 0.5) is 5.69 Å². The van der Waals surface area contributed by atoms with Crippen molar-refractivity contribution in [3.8, 4) is 0 Å². The first-order valence-electron chi connectivity index (χ1n) is 6.00. The molecular formula is C13H17BrN2O4. The van der Waals surface area contributed by atoms with Crippen molar-refractivity contribution >= 4 is 27.5 Å². The minimum atomic E-state index is -0.474. The Labute approximate surface area is 126 Å². The first-order chi connectivity index (χ1) is 9.36. The van der Waals surface area contributed by atoms with Gasteiger partial charge in [0.05, 0.1) is 16.4 Å². The summed E-state index contributed by atoms with van der Waals surface area (Å²) >= 11 is 3.42. The molecule has 0 bridgehead atoms. The largest absolute Gasteiger partial charge is 0.383 e. The molecule has 0 fully saturated rings. The number of aryl methyl sites for hydroxylation is 1. The monoisotopic (exact) mass is 344 g/mol. The number of hydrogen-bond donors (Lipinski definition) is 0. The van der Waals surface area contributed by atoms with Gasteiger partial charge in [-0.25, -0.2) is 0 Å². The maximum absolute atomic E-state index is 12.3. The Morgan fingerprint density at radius 1 is 1.55 bits per heavy atom. The van der Waals surface area contributed by atoms with E-state index >= 15 is 0 Å². The van der Waals surface area contributed by atoms with Crippen molar-refractivity contribution in [2.45, 2.75) is 11.8 Å². The van der Waals surface area contributed by atoms with Crippen LogP contribution in [-0.4, -0.2) is 47.9 Å². The Bertz CT molecular complexity index is 507. The van der Waals surface area contributed by atoms with Crippen LogP contribution in [0.5, 0.6) is 0 Å². The number of nitro groups is 1. The number of ether oxygens (including phenoxy) is 1. The number of hydrogen-bond acceptors (Lipinski definition) is 4. The average Bonchev–Trinajstić information content (AvgIpc) is 2.37. The highest BCUT2D eigenvalue weighted by atomic mass is 79.9. The number of amides is 1. The number of benzene rings is 1. The lowest BCUT2D eigenvalue weighted by molar-refractivity contribution is -0.384. The van der Waals surface area contributed by atoms with Gasteiger partial charge in [-0.05, 0) is 18.6 Å². The van der Waals surface area contributed by atoms with Crippen molar-refractivity contribution in [1.82, 2.24) is 4.90 Å². The number of carbonyl (C=O) groups is 1. The number of nitrogens with zero attached hydrogens (tertiary/aromatic N) is 2. The predicted molar refractivity (Wildman–Crippen MR) is 79.4 cm³/mol. The van der Waals surface area contributed by atoms with Crippen molar-refractivity contribution in [1.29, 1.82) is 0 Å². The van der Waals surface area contributed by atoms with Gasteiger partial charge in [0.25, 0.3) is 11.6 Å². The SMILES string of the molecule is COCC(Br)CN(C)C(=O)c1ccc([N+](=O)[O-])cc1C. The highest BCUT2D eigenvalue weighted by molar-refractivity contribution is 9.09. The Morgan fingerprint density at radius 3 is 2.70 bits per heavy atom. The van der Waals surface area contributed by atoms with Crippen LogP contribution < -0.4 is 0 Å². The lowest BCUT2D eigenvalue weighted by atomic mass is 10.1. The third-order valence-electron chi connectivity index (χ3n) is 2.82. The molecule has 0 saturated heterocycles. The summed E-state index contributed by atoms with van der Waals surface area (Å²) < 4.78 is 5.00. The second-order valence-electron chi connectivity index (χ2n) is 4.49. The molecule has 0 aliphatic heterocycles. The molecule has 0 spiro atoms. The summed E-state index contributed by atoms with van der Waals surface area (Å²) in [6.45, 7) is 2.68. The standard InChI is InChI=1S/C13H17BrN2O4/c1-9-6-11(16(18)19)4-5-12(9)13(17)15(2)7-10(14)8-20-3/h4-6,10H,7-8H2,1-3H3. The Hall–Kier alpha value is -1.47. The summed E-state index contributed by atoms with van der Waals surface area (Å²) in [5.41, 5.74) is 1.04. The molecule has 6 nitrogen and oxygen atoms in total. The zero-order valence-corrected chi connectivity index (χ0v) is 13.2. The molecule has 1 unspecified atom stereocenters. The number of rotatable bonds is 6. The van der Waals surface area contributed by atoms with Crippen LogP contribution in [0.3, 0.4) is 0 Å². The van der Waals surface area contributed by atoms with Crippen LogP contribution >= 0.6 is 15.9 Å².